The van der Waals surface area contributed by atoms with Crippen molar-refractivity contribution in [1.82, 2.24) is 10.1 Å². The van der Waals surface area contributed by atoms with E-state index >= 15 is 0 Å². The number of rotatable bonds is 6. The molecule has 1 aromatic heterocycles. The average molecular weight is 316 g/mol. The van der Waals surface area contributed by atoms with Crippen molar-refractivity contribution < 1.29 is 14.4 Å². The van der Waals surface area contributed by atoms with Gasteiger partial charge in [0.1, 0.15) is 0 Å². The topological polar surface area (TPSA) is 76.2 Å². The Morgan fingerprint density at radius 3 is 2.90 bits per heavy atom. The van der Waals surface area contributed by atoms with Gasteiger partial charge in [0.25, 0.3) is 0 Å². The van der Waals surface area contributed by atoms with Gasteiger partial charge in [0.2, 0.25) is 5.89 Å². The van der Waals surface area contributed by atoms with E-state index in [2.05, 4.69) is 24.0 Å². The number of carbonyl (C=O) groups is 1. The van der Waals surface area contributed by atoms with E-state index in [1.807, 2.05) is 23.5 Å². The fourth-order valence-electron chi connectivity index (χ4n) is 1.97. The monoisotopic (exact) mass is 316 g/mol. The zero-order valence-electron chi connectivity index (χ0n) is 11.7. The summed E-state index contributed by atoms with van der Waals surface area (Å²) in [7, 11) is 0. The fourth-order valence-corrected chi connectivity index (χ4v) is 4.81. The summed E-state index contributed by atoms with van der Waals surface area (Å²) < 4.78 is 5.26. The largest absolute Gasteiger partial charge is 0.481 e. The first-order valence-corrected chi connectivity index (χ1v) is 8.86. The van der Waals surface area contributed by atoms with Crippen LogP contribution in [-0.2, 0) is 11.2 Å². The molecule has 7 heteroatoms. The van der Waals surface area contributed by atoms with Crippen LogP contribution in [-0.4, -0.2) is 37.5 Å². The van der Waals surface area contributed by atoms with E-state index in [0.29, 0.717) is 34.5 Å². The molecular formula is C13H20N2O3S2. The smallest absolute Gasteiger partial charge is 0.303 e. The first-order chi connectivity index (χ1) is 9.56. The summed E-state index contributed by atoms with van der Waals surface area (Å²) in [6.07, 6.45) is 2.28. The van der Waals surface area contributed by atoms with Crippen LogP contribution in [0.1, 0.15) is 50.1 Å². The van der Waals surface area contributed by atoms with Crippen molar-refractivity contribution in [1.29, 1.82) is 0 Å². The van der Waals surface area contributed by atoms with Crippen LogP contribution in [0.25, 0.3) is 0 Å². The van der Waals surface area contributed by atoms with Crippen molar-refractivity contribution in [3.63, 3.8) is 0 Å². The second-order valence-electron chi connectivity index (χ2n) is 5.02. The SMILES string of the molecule is CC1SCC(c2noc(CCCCC(=O)O)n2)SC1C. The Morgan fingerprint density at radius 1 is 1.40 bits per heavy atom. The maximum absolute atomic E-state index is 10.4. The number of hydrogen-bond donors (Lipinski definition) is 1. The van der Waals surface area contributed by atoms with Crippen molar-refractivity contribution in [2.75, 3.05) is 5.75 Å². The summed E-state index contributed by atoms with van der Waals surface area (Å²) in [5.74, 6) is 1.68. The maximum atomic E-state index is 10.4. The Kier molecular flexibility index (Phi) is 5.77. The molecule has 2 heterocycles. The van der Waals surface area contributed by atoms with Crippen molar-refractivity contribution in [2.24, 2.45) is 0 Å². The molecule has 0 aliphatic carbocycles. The maximum Gasteiger partial charge on any atom is 0.303 e. The molecule has 1 fully saturated rings. The standard InChI is InChI=1S/C13H20N2O3S2/c1-8-9(2)20-10(7-19-8)13-14-11(18-15-13)5-3-4-6-12(16)17/h8-10H,3-7H2,1-2H3,(H,16,17). The Hall–Kier alpha value is -0.690. The molecule has 112 valence electrons. The number of aryl methyl sites for hydroxylation is 1. The summed E-state index contributed by atoms with van der Waals surface area (Å²) in [5, 5.41) is 14.2. The molecule has 1 aliphatic rings. The summed E-state index contributed by atoms with van der Waals surface area (Å²) in [4.78, 5) is 14.9. The van der Waals surface area contributed by atoms with Gasteiger partial charge in [0, 0.05) is 29.1 Å². The van der Waals surface area contributed by atoms with Crippen LogP contribution in [0, 0.1) is 0 Å². The predicted molar refractivity (Wildman–Crippen MR) is 81.2 cm³/mol. The van der Waals surface area contributed by atoms with E-state index in [1.54, 1.807) is 0 Å². The normalized spacial score (nSPS) is 26.6. The van der Waals surface area contributed by atoms with Gasteiger partial charge in [-0.05, 0) is 12.8 Å². The highest BCUT2D eigenvalue weighted by Gasteiger charge is 2.29. The van der Waals surface area contributed by atoms with Gasteiger partial charge in [0.15, 0.2) is 5.82 Å². The van der Waals surface area contributed by atoms with Crippen LogP contribution >= 0.6 is 23.5 Å². The number of aromatic nitrogens is 2. The first kappa shape index (κ1) is 15.7. The number of unbranched alkanes of at least 4 members (excludes halogenated alkanes) is 1. The third-order valence-electron chi connectivity index (χ3n) is 3.35. The first-order valence-electron chi connectivity index (χ1n) is 6.87. The summed E-state index contributed by atoms with van der Waals surface area (Å²) >= 11 is 3.86. The molecule has 1 saturated heterocycles. The zero-order chi connectivity index (χ0) is 14.5. The molecule has 0 aromatic carbocycles. The summed E-state index contributed by atoms with van der Waals surface area (Å²) in [6, 6.07) is 0. The van der Waals surface area contributed by atoms with Crippen molar-refractivity contribution in [3.05, 3.63) is 11.7 Å². The van der Waals surface area contributed by atoms with Gasteiger partial charge in [-0.25, -0.2) is 0 Å². The number of aliphatic carboxylic acids is 1. The molecule has 0 bridgehead atoms. The third-order valence-corrected chi connectivity index (χ3v) is 6.74. The second kappa shape index (κ2) is 7.36. The lowest BCUT2D eigenvalue weighted by atomic mass is 10.2. The minimum atomic E-state index is -0.755. The highest BCUT2D eigenvalue weighted by Crippen LogP contribution is 2.43. The van der Waals surface area contributed by atoms with Crippen LogP contribution in [0.5, 0.6) is 0 Å². The van der Waals surface area contributed by atoms with Gasteiger partial charge in [0.05, 0.1) is 5.25 Å². The van der Waals surface area contributed by atoms with Crippen LogP contribution < -0.4 is 0 Å². The van der Waals surface area contributed by atoms with E-state index in [-0.39, 0.29) is 6.42 Å². The predicted octanol–water partition coefficient (Wildman–Crippen LogP) is 3.17. The zero-order valence-corrected chi connectivity index (χ0v) is 13.4. The molecule has 3 atom stereocenters. The third kappa shape index (κ3) is 4.41. The molecule has 2 rings (SSSR count). The van der Waals surface area contributed by atoms with Crippen molar-refractivity contribution in [2.45, 2.75) is 55.3 Å². The van der Waals surface area contributed by atoms with Crippen LogP contribution in [0.3, 0.4) is 0 Å². The Morgan fingerprint density at radius 2 is 2.20 bits per heavy atom. The lowest BCUT2D eigenvalue weighted by molar-refractivity contribution is -0.137. The average Bonchev–Trinajstić information content (AvgIpc) is 2.86. The minimum absolute atomic E-state index is 0.200. The molecule has 0 saturated carbocycles. The highest BCUT2D eigenvalue weighted by molar-refractivity contribution is 8.07. The molecular weight excluding hydrogens is 296 g/mol. The molecule has 0 spiro atoms. The molecule has 1 aromatic rings. The lowest BCUT2D eigenvalue weighted by Gasteiger charge is -2.29. The Balaban J connectivity index is 1.81. The minimum Gasteiger partial charge on any atom is -0.481 e. The van der Waals surface area contributed by atoms with Gasteiger partial charge >= 0.3 is 5.97 Å². The summed E-state index contributed by atoms with van der Waals surface area (Å²) in [5.41, 5.74) is 0. The van der Waals surface area contributed by atoms with Gasteiger partial charge in [-0.2, -0.15) is 16.7 Å². The lowest BCUT2D eigenvalue weighted by Crippen LogP contribution is -2.22. The quantitative estimate of drug-likeness (QED) is 0.808. The van der Waals surface area contributed by atoms with E-state index in [0.717, 1.165) is 18.0 Å². The number of carboxylic acid groups (broad SMARTS) is 1. The molecule has 1 N–H and O–H groups in total. The highest BCUT2D eigenvalue weighted by atomic mass is 32.2. The second-order valence-corrected chi connectivity index (χ2v) is 8.01. The molecule has 3 unspecified atom stereocenters. The molecule has 0 radical (unpaired) electrons. The Bertz CT molecular complexity index is 453. The number of hydrogen-bond acceptors (Lipinski definition) is 6. The molecule has 20 heavy (non-hydrogen) atoms. The van der Waals surface area contributed by atoms with Gasteiger partial charge in [-0.3, -0.25) is 4.79 Å². The van der Waals surface area contributed by atoms with Crippen LogP contribution in [0.2, 0.25) is 0 Å². The molecule has 1 aliphatic heterocycles. The number of carboxylic acids is 1. The van der Waals surface area contributed by atoms with Gasteiger partial charge in [-0.15, -0.1) is 11.8 Å². The summed E-state index contributed by atoms with van der Waals surface area (Å²) in [6.45, 7) is 4.49. The molecule has 5 nitrogen and oxygen atoms in total. The van der Waals surface area contributed by atoms with E-state index < -0.39 is 5.97 Å². The van der Waals surface area contributed by atoms with Crippen molar-refractivity contribution in [3.8, 4) is 0 Å². The molecule has 0 amide bonds. The number of thioether (sulfide) groups is 2. The van der Waals surface area contributed by atoms with Crippen molar-refractivity contribution >= 4 is 29.5 Å². The van der Waals surface area contributed by atoms with E-state index in [4.69, 9.17) is 9.63 Å². The van der Waals surface area contributed by atoms with E-state index in [1.165, 1.54) is 0 Å². The van der Waals surface area contributed by atoms with Crippen LogP contribution in [0.15, 0.2) is 4.52 Å². The van der Waals surface area contributed by atoms with E-state index in [9.17, 15) is 4.79 Å². The van der Waals surface area contributed by atoms with Gasteiger partial charge < -0.3 is 9.63 Å². The fraction of sp³-hybridized carbons (Fsp3) is 0.769. The van der Waals surface area contributed by atoms with Crippen LogP contribution in [0.4, 0.5) is 0 Å². The Labute approximate surface area is 127 Å². The van der Waals surface area contributed by atoms with Gasteiger partial charge in [-0.1, -0.05) is 19.0 Å². The number of nitrogens with zero attached hydrogens (tertiary/aromatic N) is 2.